The summed E-state index contributed by atoms with van der Waals surface area (Å²) in [5, 5.41) is 12.0. The summed E-state index contributed by atoms with van der Waals surface area (Å²) in [5.41, 5.74) is 8.82. The van der Waals surface area contributed by atoms with Crippen LogP contribution in [0, 0.1) is 13.8 Å². The van der Waals surface area contributed by atoms with Crippen molar-refractivity contribution in [1.82, 2.24) is 0 Å². The molecule has 0 aliphatic carbocycles. The molecule has 2 aromatic carbocycles. The Morgan fingerprint density at radius 2 is 1.79 bits per heavy atom. The van der Waals surface area contributed by atoms with Crippen LogP contribution in [-0.2, 0) is 0 Å². The van der Waals surface area contributed by atoms with Gasteiger partial charge in [0, 0.05) is 15.4 Å². The summed E-state index contributed by atoms with van der Waals surface area (Å²) in [4.78, 5) is 2.15. The Hall–Kier alpha value is -1.94. The lowest BCUT2D eigenvalue weighted by Crippen LogP contribution is -2.14. The smallest absolute Gasteiger partial charge is 0.171 e. The fourth-order valence-electron chi connectivity index (χ4n) is 1.77. The van der Waals surface area contributed by atoms with Crippen molar-refractivity contribution >= 4 is 17.6 Å². The molecule has 0 bridgehead atoms. The first-order chi connectivity index (χ1) is 9.11. The van der Waals surface area contributed by atoms with Crippen molar-refractivity contribution in [3.8, 4) is 0 Å². The SMILES string of the molecule is Cc1ccc(Sc2c(C)cccc2/C(N)=N/O)cc1. The third-order valence-electron chi connectivity index (χ3n) is 2.84. The first-order valence-corrected chi connectivity index (χ1v) is 6.75. The zero-order valence-electron chi connectivity index (χ0n) is 10.9. The predicted octanol–water partition coefficient (Wildman–Crippen LogP) is 3.55. The first-order valence-electron chi connectivity index (χ1n) is 5.94. The van der Waals surface area contributed by atoms with E-state index in [1.54, 1.807) is 11.8 Å². The van der Waals surface area contributed by atoms with Gasteiger partial charge < -0.3 is 10.9 Å². The predicted molar refractivity (Wildman–Crippen MR) is 79.0 cm³/mol. The number of nitrogens with two attached hydrogens (primary N) is 1. The number of aryl methyl sites for hydroxylation is 2. The maximum absolute atomic E-state index is 8.86. The van der Waals surface area contributed by atoms with E-state index >= 15 is 0 Å². The largest absolute Gasteiger partial charge is 0.409 e. The van der Waals surface area contributed by atoms with Gasteiger partial charge in [0.15, 0.2) is 5.84 Å². The van der Waals surface area contributed by atoms with Crippen molar-refractivity contribution in [1.29, 1.82) is 0 Å². The lowest BCUT2D eigenvalue weighted by Gasteiger charge is -2.11. The zero-order valence-corrected chi connectivity index (χ0v) is 11.7. The van der Waals surface area contributed by atoms with E-state index in [2.05, 4.69) is 36.3 Å². The van der Waals surface area contributed by atoms with Crippen molar-refractivity contribution in [2.45, 2.75) is 23.6 Å². The second-order valence-electron chi connectivity index (χ2n) is 4.35. The van der Waals surface area contributed by atoms with Gasteiger partial charge in [-0.05, 0) is 37.6 Å². The van der Waals surface area contributed by atoms with Crippen LogP contribution in [0.4, 0.5) is 0 Å². The molecule has 3 N–H and O–H groups in total. The van der Waals surface area contributed by atoms with Gasteiger partial charge in [0.2, 0.25) is 0 Å². The molecule has 2 aromatic rings. The van der Waals surface area contributed by atoms with Crippen LogP contribution in [0.2, 0.25) is 0 Å². The van der Waals surface area contributed by atoms with Crippen LogP contribution in [0.3, 0.4) is 0 Å². The normalized spacial score (nSPS) is 11.6. The number of rotatable bonds is 3. The molecule has 0 amide bonds. The molecule has 4 heteroatoms. The van der Waals surface area contributed by atoms with Crippen molar-refractivity contribution in [2.75, 3.05) is 0 Å². The topological polar surface area (TPSA) is 58.6 Å². The Morgan fingerprint density at radius 3 is 2.42 bits per heavy atom. The molecule has 0 spiro atoms. The Morgan fingerprint density at radius 1 is 1.11 bits per heavy atom. The summed E-state index contributed by atoms with van der Waals surface area (Å²) < 4.78 is 0. The molecule has 2 rings (SSSR count). The summed E-state index contributed by atoms with van der Waals surface area (Å²) in [6.45, 7) is 4.08. The molecule has 0 aliphatic heterocycles. The molecule has 0 saturated carbocycles. The van der Waals surface area contributed by atoms with Gasteiger partial charge in [-0.25, -0.2) is 0 Å². The lowest BCUT2D eigenvalue weighted by atomic mass is 10.1. The molecule has 3 nitrogen and oxygen atoms in total. The van der Waals surface area contributed by atoms with Crippen LogP contribution < -0.4 is 5.73 Å². The highest BCUT2D eigenvalue weighted by atomic mass is 32.2. The molecule has 0 heterocycles. The second kappa shape index (κ2) is 5.80. The number of hydrogen-bond donors (Lipinski definition) is 2. The minimum atomic E-state index is 0.137. The van der Waals surface area contributed by atoms with E-state index in [4.69, 9.17) is 10.9 Å². The second-order valence-corrected chi connectivity index (χ2v) is 5.44. The van der Waals surface area contributed by atoms with Crippen LogP contribution in [-0.4, -0.2) is 11.0 Å². The van der Waals surface area contributed by atoms with E-state index < -0.39 is 0 Å². The van der Waals surface area contributed by atoms with E-state index in [0.717, 1.165) is 20.9 Å². The number of benzene rings is 2. The average molecular weight is 272 g/mol. The lowest BCUT2D eigenvalue weighted by molar-refractivity contribution is 0.318. The van der Waals surface area contributed by atoms with Crippen LogP contribution in [0.25, 0.3) is 0 Å². The van der Waals surface area contributed by atoms with Crippen molar-refractivity contribution in [2.24, 2.45) is 10.9 Å². The number of amidine groups is 1. The standard InChI is InChI=1S/C15H16N2OS/c1-10-6-8-12(9-7-10)19-14-11(2)4-3-5-13(14)15(16)17-18/h3-9,18H,1-2H3,(H2,16,17). The van der Waals surface area contributed by atoms with Gasteiger partial charge in [0.05, 0.1) is 0 Å². The molecule has 0 aromatic heterocycles. The Balaban J connectivity index is 2.41. The minimum absolute atomic E-state index is 0.137. The molecule has 0 unspecified atom stereocenters. The summed E-state index contributed by atoms with van der Waals surface area (Å²) in [7, 11) is 0. The van der Waals surface area contributed by atoms with E-state index in [1.807, 2.05) is 25.1 Å². The first kappa shape index (κ1) is 13.5. The third kappa shape index (κ3) is 3.09. The molecular weight excluding hydrogens is 256 g/mol. The highest BCUT2D eigenvalue weighted by Crippen LogP contribution is 2.33. The molecule has 0 aliphatic rings. The monoisotopic (exact) mass is 272 g/mol. The van der Waals surface area contributed by atoms with Crippen LogP contribution in [0.5, 0.6) is 0 Å². The molecule has 0 saturated heterocycles. The van der Waals surface area contributed by atoms with Gasteiger partial charge in [-0.3, -0.25) is 0 Å². The molecule has 0 radical (unpaired) electrons. The third-order valence-corrected chi connectivity index (χ3v) is 4.09. The number of hydrogen-bond acceptors (Lipinski definition) is 3. The zero-order chi connectivity index (χ0) is 13.8. The highest BCUT2D eigenvalue weighted by Gasteiger charge is 2.10. The van der Waals surface area contributed by atoms with E-state index in [1.165, 1.54) is 5.56 Å². The maximum Gasteiger partial charge on any atom is 0.171 e. The van der Waals surface area contributed by atoms with Gasteiger partial charge in [-0.1, -0.05) is 46.7 Å². The minimum Gasteiger partial charge on any atom is -0.409 e. The maximum atomic E-state index is 8.86. The van der Waals surface area contributed by atoms with Crippen LogP contribution in [0.1, 0.15) is 16.7 Å². The van der Waals surface area contributed by atoms with Crippen molar-refractivity contribution < 1.29 is 5.21 Å². The van der Waals surface area contributed by atoms with Crippen LogP contribution in [0.15, 0.2) is 57.4 Å². The van der Waals surface area contributed by atoms with E-state index in [-0.39, 0.29) is 5.84 Å². The van der Waals surface area contributed by atoms with Crippen molar-refractivity contribution in [3.05, 3.63) is 59.2 Å². The van der Waals surface area contributed by atoms with E-state index in [0.29, 0.717) is 0 Å². The molecule has 0 atom stereocenters. The van der Waals surface area contributed by atoms with Crippen molar-refractivity contribution in [3.63, 3.8) is 0 Å². The quantitative estimate of drug-likeness (QED) is 0.389. The molecular formula is C15H16N2OS. The van der Waals surface area contributed by atoms with Crippen LogP contribution >= 0.6 is 11.8 Å². The Bertz CT molecular complexity index is 606. The van der Waals surface area contributed by atoms with Gasteiger partial charge in [0.25, 0.3) is 0 Å². The van der Waals surface area contributed by atoms with Gasteiger partial charge in [0.1, 0.15) is 0 Å². The summed E-state index contributed by atoms with van der Waals surface area (Å²) in [6, 6.07) is 14.1. The number of oxime groups is 1. The Labute approximate surface area is 117 Å². The average Bonchev–Trinajstić information content (AvgIpc) is 2.42. The van der Waals surface area contributed by atoms with Gasteiger partial charge in [-0.15, -0.1) is 0 Å². The van der Waals surface area contributed by atoms with E-state index in [9.17, 15) is 0 Å². The fourth-order valence-corrected chi connectivity index (χ4v) is 2.79. The molecule has 98 valence electrons. The highest BCUT2D eigenvalue weighted by molar-refractivity contribution is 7.99. The van der Waals surface area contributed by atoms with Gasteiger partial charge >= 0.3 is 0 Å². The molecule has 19 heavy (non-hydrogen) atoms. The summed E-state index contributed by atoms with van der Waals surface area (Å²) >= 11 is 1.62. The summed E-state index contributed by atoms with van der Waals surface area (Å²) in [5.74, 6) is 0.137. The molecule has 0 fully saturated rings. The van der Waals surface area contributed by atoms with Gasteiger partial charge in [-0.2, -0.15) is 0 Å². The fraction of sp³-hybridized carbons (Fsp3) is 0.133. The number of nitrogens with zero attached hydrogens (tertiary/aromatic N) is 1. The summed E-state index contributed by atoms with van der Waals surface area (Å²) in [6.07, 6.45) is 0. The Kier molecular flexibility index (Phi) is 4.12.